The van der Waals surface area contributed by atoms with E-state index in [9.17, 15) is 13.2 Å². The Morgan fingerprint density at radius 1 is 1.19 bits per heavy atom. The Bertz CT molecular complexity index is 468. The third-order valence-electron chi connectivity index (χ3n) is 4.02. The van der Waals surface area contributed by atoms with Crippen LogP contribution in [0.1, 0.15) is 44.7 Å². The first-order valence-electron chi connectivity index (χ1n) is 7.33. The number of nitrogens with one attached hydrogen (secondary N) is 2. The molecule has 0 aromatic carbocycles. The highest BCUT2D eigenvalue weighted by Crippen LogP contribution is 2.31. The van der Waals surface area contributed by atoms with Crippen molar-refractivity contribution >= 4 is 11.8 Å². The molecule has 0 radical (unpaired) electrons. The molecule has 4 nitrogen and oxygen atoms in total. The lowest BCUT2D eigenvalue weighted by molar-refractivity contribution is -0.141. The summed E-state index contributed by atoms with van der Waals surface area (Å²) in [6, 6.07) is 1.17. The lowest BCUT2D eigenvalue weighted by atomic mass is 9.84. The molecule has 2 N–H and O–H groups in total. The first kappa shape index (κ1) is 15.9. The number of anilines is 2. The Kier molecular flexibility index (Phi) is 4.90. The normalized spacial score (nSPS) is 22.9. The van der Waals surface area contributed by atoms with Crippen LogP contribution in [0, 0.1) is 5.92 Å². The van der Waals surface area contributed by atoms with Gasteiger partial charge in [0.2, 0.25) is 5.95 Å². The molecule has 0 amide bonds. The summed E-state index contributed by atoms with van der Waals surface area (Å²) in [5, 5.41) is 5.69. The number of hydrogen-bond donors (Lipinski definition) is 2. The molecule has 1 aromatic heterocycles. The molecule has 7 heteroatoms. The van der Waals surface area contributed by atoms with Gasteiger partial charge >= 0.3 is 6.18 Å². The predicted molar refractivity (Wildman–Crippen MR) is 76.2 cm³/mol. The highest BCUT2D eigenvalue weighted by atomic mass is 19.4. The fraction of sp³-hybridized carbons (Fsp3) is 0.714. The van der Waals surface area contributed by atoms with Gasteiger partial charge in [0.25, 0.3) is 0 Å². The van der Waals surface area contributed by atoms with Crippen LogP contribution in [0.25, 0.3) is 0 Å². The van der Waals surface area contributed by atoms with Gasteiger partial charge in [0, 0.05) is 19.2 Å². The number of hydrogen-bond acceptors (Lipinski definition) is 4. The molecule has 1 aliphatic carbocycles. The van der Waals surface area contributed by atoms with Crippen LogP contribution < -0.4 is 10.6 Å². The van der Waals surface area contributed by atoms with Gasteiger partial charge in [-0.05, 0) is 31.6 Å². The van der Waals surface area contributed by atoms with Crippen molar-refractivity contribution in [2.45, 2.75) is 51.2 Å². The molecule has 0 saturated heterocycles. The fourth-order valence-corrected chi connectivity index (χ4v) is 2.70. The minimum atomic E-state index is -4.47. The summed E-state index contributed by atoms with van der Waals surface area (Å²) in [5.41, 5.74) is -0.924. The van der Waals surface area contributed by atoms with Crippen molar-refractivity contribution in [2.24, 2.45) is 5.92 Å². The molecule has 1 fully saturated rings. The average Bonchev–Trinajstić information content (AvgIpc) is 2.46. The lowest BCUT2D eigenvalue weighted by Crippen LogP contribution is -2.27. The van der Waals surface area contributed by atoms with Crippen LogP contribution in [0.4, 0.5) is 24.9 Å². The van der Waals surface area contributed by atoms with Crippen LogP contribution in [0.15, 0.2) is 6.07 Å². The van der Waals surface area contributed by atoms with Gasteiger partial charge in [-0.1, -0.05) is 13.3 Å². The van der Waals surface area contributed by atoms with Crippen LogP contribution in [0.2, 0.25) is 0 Å². The quantitative estimate of drug-likeness (QED) is 0.885. The summed E-state index contributed by atoms with van der Waals surface area (Å²) in [5.74, 6) is 0.961. The number of aromatic nitrogens is 2. The van der Waals surface area contributed by atoms with Gasteiger partial charge in [-0.15, -0.1) is 0 Å². The standard InChI is InChI=1S/C14H21F3N4/c1-3-9-4-6-10(7-5-9)19-12-8-11(14(15,16)17)20-13(18-2)21-12/h8-10H,3-7H2,1-2H3,(H2,18,19,20,21). The van der Waals surface area contributed by atoms with Gasteiger partial charge in [0.1, 0.15) is 5.82 Å². The van der Waals surface area contributed by atoms with E-state index >= 15 is 0 Å². The van der Waals surface area contributed by atoms with E-state index in [0.29, 0.717) is 0 Å². The molecule has 0 bridgehead atoms. The van der Waals surface area contributed by atoms with Crippen molar-refractivity contribution < 1.29 is 13.2 Å². The molecule has 21 heavy (non-hydrogen) atoms. The Hall–Kier alpha value is -1.53. The SMILES string of the molecule is CCC1CCC(Nc2cc(C(F)(F)F)nc(NC)n2)CC1. The molecule has 0 atom stereocenters. The minimum Gasteiger partial charge on any atom is -0.367 e. The van der Waals surface area contributed by atoms with Crippen LogP contribution in [-0.4, -0.2) is 23.1 Å². The second-order valence-electron chi connectivity index (χ2n) is 5.48. The van der Waals surface area contributed by atoms with E-state index in [1.165, 1.54) is 13.5 Å². The molecule has 0 aliphatic heterocycles. The molecule has 2 rings (SSSR count). The summed E-state index contributed by atoms with van der Waals surface area (Å²) >= 11 is 0. The maximum absolute atomic E-state index is 12.8. The van der Waals surface area contributed by atoms with E-state index in [1.54, 1.807) is 0 Å². The van der Waals surface area contributed by atoms with Gasteiger partial charge < -0.3 is 10.6 Å². The van der Waals surface area contributed by atoms with E-state index in [-0.39, 0.29) is 17.8 Å². The summed E-state index contributed by atoms with van der Waals surface area (Å²) in [6.45, 7) is 2.18. The summed E-state index contributed by atoms with van der Waals surface area (Å²) in [6.07, 6.45) is 0.874. The third-order valence-corrected chi connectivity index (χ3v) is 4.02. The molecular formula is C14H21F3N4. The van der Waals surface area contributed by atoms with Gasteiger partial charge in [-0.2, -0.15) is 18.2 Å². The van der Waals surface area contributed by atoms with Crippen molar-refractivity contribution in [1.82, 2.24) is 9.97 Å². The Morgan fingerprint density at radius 2 is 1.86 bits per heavy atom. The fourth-order valence-electron chi connectivity index (χ4n) is 2.70. The number of alkyl halides is 3. The number of halogens is 3. The van der Waals surface area contributed by atoms with E-state index < -0.39 is 11.9 Å². The van der Waals surface area contributed by atoms with Crippen molar-refractivity contribution in [3.05, 3.63) is 11.8 Å². The predicted octanol–water partition coefficient (Wildman–Crippen LogP) is 3.92. The van der Waals surface area contributed by atoms with Crippen molar-refractivity contribution in [3.63, 3.8) is 0 Å². The maximum atomic E-state index is 12.8. The maximum Gasteiger partial charge on any atom is 0.433 e. The summed E-state index contributed by atoms with van der Waals surface area (Å²) < 4.78 is 38.4. The van der Waals surface area contributed by atoms with Gasteiger partial charge in [-0.25, -0.2) is 4.98 Å². The second-order valence-corrected chi connectivity index (χ2v) is 5.48. The van der Waals surface area contributed by atoms with E-state index in [4.69, 9.17) is 0 Å². The van der Waals surface area contributed by atoms with E-state index in [1.807, 2.05) is 0 Å². The third kappa shape index (κ3) is 4.22. The van der Waals surface area contributed by atoms with Gasteiger partial charge in [-0.3, -0.25) is 0 Å². The van der Waals surface area contributed by atoms with Crippen molar-refractivity contribution in [3.8, 4) is 0 Å². The van der Waals surface area contributed by atoms with Crippen LogP contribution in [-0.2, 0) is 6.18 Å². The van der Waals surface area contributed by atoms with Crippen LogP contribution >= 0.6 is 0 Å². The highest BCUT2D eigenvalue weighted by molar-refractivity contribution is 5.43. The largest absolute Gasteiger partial charge is 0.433 e. The number of nitrogens with zero attached hydrogens (tertiary/aromatic N) is 2. The Balaban J connectivity index is 2.09. The van der Waals surface area contributed by atoms with E-state index in [2.05, 4.69) is 27.5 Å². The van der Waals surface area contributed by atoms with Crippen molar-refractivity contribution in [2.75, 3.05) is 17.7 Å². The average molecular weight is 302 g/mol. The lowest BCUT2D eigenvalue weighted by Gasteiger charge is -2.29. The molecule has 1 aliphatic rings. The van der Waals surface area contributed by atoms with Crippen LogP contribution in [0.5, 0.6) is 0 Å². The molecule has 1 heterocycles. The molecule has 118 valence electrons. The number of rotatable bonds is 4. The Morgan fingerprint density at radius 3 is 2.38 bits per heavy atom. The van der Waals surface area contributed by atoms with E-state index in [0.717, 1.165) is 37.7 Å². The van der Waals surface area contributed by atoms with Crippen molar-refractivity contribution in [1.29, 1.82) is 0 Å². The minimum absolute atomic E-state index is 0.0189. The van der Waals surface area contributed by atoms with Gasteiger partial charge in [0.15, 0.2) is 5.69 Å². The highest BCUT2D eigenvalue weighted by Gasteiger charge is 2.34. The zero-order valence-corrected chi connectivity index (χ0v) is 12.3. The summed E-state index contributed by atoms with van der Waals surface area (Å²) in [7, 11) is 1.51. The first-order valence-corrected chi connectivity index (χ1v) is 7.33. The second kappa shape index (κ2) is 6.49. The molecule has 0 spiro atoms. The van der Waals surface area contributed by atoms with Gasteiger partial charge in [0.05, 0.1) is 0 Å². The first-order chi connectivity index (χ1) is 9.92. The molecule has 1 saturated carbocycles. The molecule has 1 aromatic rings. The zero-order valence-electron chi connectivity index (χ0n) is 12.3. The van der Waals surface area contributed by atoms with Crippen LogP contribution in [0.3, 0.4) is 0 Å². The monoisotopic (exact) mass is 302 g/mol. The smallest absolute Gasteiger partial charge is 0.367 e. The summed E-state index contributed by atoms with van der Waals surface area (Å²) in [4.78, 5) is 7.52. The molecular weight excluding hydrogens is 281 g/mol. The topological polar surface area (TPSA) is 49.8 Å². The zero-order chi connectivity index (χ0) is 15.5. The Labute approximate surface area is 122 Å². The molecule has 0 unspecified atom stereocenters.